The fraction of sp³-hybridized carbons (Fsp3) is 0.286. The largest absolute Gasteiger partial charge is 0.444 e. The highest BCUT2D eigenvalue weighted by Gasteiger charge is 2.30. The smallest absolute Gasteiger partial charge is 0.416 e. The van der Waals surface area contributed by atoms with Crippen LogP contribution in [0, 0.1) is 0 Å². The van der Waals surface area contributed by atoms with Crippen LogP contribution in [0.3, 0.4) is 0 Å². The summed E-state index contributed by atoms with van der Waals surface area (Å²) < 4.78 is 42.5. The number of nitrogens with one attached hydrogen (secondary N) is 1. The Kier molecular flexibility index (Phi) is 4.51. The van der Waals surface area contributed by atoms with Crippen molar-refractivity contribution in [2.24, 2.45) is 0 Å². The van der Waals surface area contributed by atoms with E-state index in [4.69, 9.17) is 9.52 Å². The lowest BCUT2D eigenvalue weighted by Crippen LogP contribution is -2.30. The number of halogens is 3. The molecule has 0 aliphatic heterocycles. The van der Waals surface area contributed by atoms with Crippen LogP contribution in [0.25, 0.3) is 11.5 Å². The Morgan fingerprint density at radius 3 is 2.55 bits per heavy atom. The quantitative estimate of drug-likeness (QED) is 0.909. The second kappa shape index (κ2) is 6.18. The molecule has 0 aliphatic rings. The van der Waals surface area contributed by atoms with Crippen molar-refractivity contribution in [3.63, 3.8) is 0 Å². The van der Waals surface area contributed by atoms with Gasteiger partial charge in [0, 0.05) is 12.1 Å². The molecule has 0 spiro atoms. The van der Waals surface area contributed by atoms with Crippen molar-refractivity contribution in [1.29, 1.82) is 0 Å². The van der Waals surface area contributed by atoms with Crippen molar-refractivity contribution >= 4 is 5.91 Å². The number of aliphatic hydroxyl groups excluding tert-OH is 1. The van der Waals surface area contributed by atoms with Gasteiger partial charge in [0.15, 0.2) is 5.69 Å². The zero-order chi connectivity index (χ0) is 16.3. The lowest BCUT2D eigenvalue weighted by atomic mass is 10.1. The first-order chi connectivity index (χ1) is 10.3. The SMILES string of the molecule is CC(O)CNC(=O)c1coc(-c2ccc(C(F)(F)F)cc2)n1. The average molecular weight is 314 g/mol. The van der Waals surface area contributed by atoms with Gasteiger partial charge in [0.1, 0.15) is 6.26 Å². The number of aromatic nitrogens is 1. The van der Waals surface area contributed by atoms with Gasteiger partial charge in [0.05, 0.1) is 11.7 Å². The molecule has 2 N–H and O–H groups in total. The van der Waals surface area contributed by atoms with Gasteiger partial charge in [-0.1, -0.05) is 0 Å². The molecule has 0 radical (unpaired) electrons. The Hall–Kier alpha value is -2.35. The molecule has 1 amide bonds. The molecule has 1 heterocycles. The molecule has 0 aliphatic carbocycles. The van der Waals surface area contributed by atoms with E-state index in [1.54, 1.807) is 0 Å². The van der Waals surface area contributed by atoms with Crippen LogP contribution in [-0.2, 0) is 6.18 Å². The zero-order valence-electron chi connectivity index (χ0n) is 11.5. The molecule has 2 aromatic rings. The van der Waals surface area contributed by atoms with Crippen LogP contribution >= 0.6 is 0 Å². The van der Waals surface area contributed by atoms with Gasteiger partial charge in [-0.3, -0.25) is 4.79 Å². The van der Waals surface area contributed by atoms with Gasteiger partial charge in [-0.2, -0.15) is 13.2 Å². The number of hydrogen-bond acceptors (Lipinski definition) is 4. The summed E-state index contributed by atoms with van der Waals surface area (Å²) in [5.41, 5.74) is -0.476. The van der Waals surface area contributed by atoms with Gasteiger partial charge in [0.2, 0.25) is 5.89 Å². The van der Waals surface area contributed by atoms with Crippen LogP contribution in [0.15, 0.2) is 34.9 Å². The monoisotopic (exact) mass is 314 g/mol. The molecular weight excluding hydrogens is 301 g/mol. The van der Waals surface area contributed by atoms with Crippen molar-refractivity contribution < 1.29 is 27.5 Å². The van der Waals surface area contributed by atoms with Crippen molar-refractivity contribution in [2.75, 3.05) is 6.54 Å². The van der Waals surface area contributed by atoms with E-state index in [0.717, 1.165) is 18.4 Å². The van der Waals surface area contributed by atoms with E-state index >= 15 is 0 Å². The molecule has 0 bridgehead atoms. The predicted octanol–water partition coefficient (Wildman–Crippen LogP) is 2.47. The summed E-state index contributed by atoms with van der Waals surface area (Å²) in [6.07, 6.45) is -4.02. The maximum absolute atomic E-state index is 12.5. The van der Waals surface area contributed by atoms with Crippen LogP contribution in [0.2, 0.25) is 0 Å². The Morgan fingerprint density at radius 1 is 1.36 bits per heavy atom. The van der Waals surface area contributed by atoms with E-state index in [1.807, 2.05) is 0 Å². The highest BCUT2D eigenvalue weighted by molar-refractivity contribution is 5.92. The van der Waals surface area contributed by atoms with Crippen LogP contribution in [0.5, 0.6) is 0 Å². The second-order valence-corrected chi connectivity index (χ2v) is 4.67. The van der Waals surface area contributed by atoms with Crippen LogP contribution < -0.4 is 5.32 Å². The van der Waals surface area contributed by atoms with Crippen LogP contribution in [-0.4, -0.2) is 28.6 Å². The lowest BCUT2D eigenvalue weighted by molar-refractivity contribution is -0.137. The highest BCUT2D eigenvalue weighted by atomic mass is 19.4. The first kappa shape index (κ1) is 16.0. The Morgan fingerprint density at radius 2 is 2.00 bits per heavy atom. The molecule has 118 valence electrons. The summed E-state index contributed by atoms with van der Waals surface area (Å²) in [4.78, 5) is 15.6. The number of carbonyl (C=O) groups excluding carboxylic acids is 1. The van der Waals surface area contributed by atoms with Gasteiger partial charge in [-0.25, -0.2) is 4.98 Å². The fourth-order valence-electron chi connectivity index (χ4n) is 1.64. The number of nitrogens with zero attached hydrogens (tertiary/aromatic N) is 1. The minimum absolute atomic E-state index is 0.0180. The molecule has 0 saturated carbocycles. The van der Waals surface area contributed by atoms with Crippen molar-refractivity contribution in [2.45, 2.75) is 19.2 Å². The molecule has 0 saturated heterocycles. The first-order valence-corrected chi connectivity index (χ1v) is 6.37. The van der Waals surface area contributed by atoms with E-state index in [-0.39, 0.29) is 18.1 Å². The lowest BCUT2D eigenvalue weighted by Gasteiger charge is -2.06. The zero-order valence-corrected chi connectivity index (χ0v) is 11.5. The highest BCUT2D eigenvalue weighted by Crippen LogP contribution is 2.30. The topological polar surface area (TPSA) is 75.4 Å². The van der Waals surface area contributed by atoms with Crippen molar-refractivity contribution in [3.8, 4) is 11.5 Å². The van der Waals surface area contributed by atoms with E-state index < -0.39 is 23.8 Å². The van der Waals surface area contributed by atoms with E-state index in [9.17, 15) is 18.0 Å². The number of hydrogen-bond donors (Lipinski definition) is 2. The molecule has 8 heteroatoms. The molecular formula is C14H13F3N2O3. The standard InChI is InChI=1S/C14H13F3N2O3/c1-8(20)6-18-12(21)11-7-22-13(19-11)9-2-4-10(5-3-9)14(15,16)17/h2-5,7-8,20H,6H2,1H3,(H,18,21). The van der Waals surface area contributed by atoms with E-state index in [2.05, 4.69) is 10.3 Å². The minimum Gasteiger partial charge on any atom is -0.444 e. The number of alkyl halides is 3. The molecule has 1 aromatic carbocycles. The number of rotatable bonds is 4. The maximum atomic E-state index is 12.5. The summed E-state index contributed by atoms with van der Waals surface area (Å²) in [6.45, 7) is 1.57. The van der Waals surface area contributed by atoms with Crippen LogP contribution in [0.1, 0.15) is 23.0 Å². The van der Waals surface area contributed by atoms with Crippen molar-refractivity contribution in [1.82, 2.24) is 10.3 Å². The third-order valence-electron chi connectivity index (χ3n) is 2.75. The summed E-state index contributed by atoms with van der Waals surface area (Å²) in [7, 11) is 0. The van der Waals surface area contributed by atoms with Gasteiger partial charge < -0.3 is 14.8 Å². The molecule has 1 aromatic heterocycles. The summed E-state index contributed by atoms with van der Waals surface area (Å²) in [6, 6.07) is 4.25. The maximum Gasteiger partial charge on any atom is 0.416 e. The predicted molar refractivity (Wildman–Crippen MR) is 71.0 cm³/mol. The molecule has 1 atom stereocenters. The third-order valence-corrected chi connectivity index (χ3v) is 2.75. The molecule has 0 fully saturated rings. The van der Waals surface area contributed by atoms with E-state index in [1.165, 1.54) is 19.1 Å². The summed E-state index contributed by atoms with van der Waals surface area (Å²) >= 11 is 0. The summed E-state index contributed by atoms with van der Waals surface area (Å²) in [5, 5.41) is 11.5. The Bertz CT molecular complexity index is 648. The van der Waals surface area contributed by atoms with Crippen molar-refractivity contribution in [3.05, 3.63) is 41.8 Å². The number of aliphatic hydroxyl groups is 1. The summed E-state index contributed by atoms with van der Waals surface area (Å²) in [5.74, 6) is -0.501. The molecule has 2 rings (SSSR count). The van der Waals surface area contributed by atoms with Gasteiger partial charge in [-0.05, 0) is 31.2 Å². The van der Waals surface area contributed by atoms with Gasteiger partial charge in [0.25, 0.3) is 5.91 Å². The fourth-order valence-corrected chi connectivity index (χ4v) is 1.64. The van der Waals surface area contributed by atoms with Gasteiger partial charge in [-0.15, -0.1) is 0 Å². The Labute approximate surface area is 123 Å². The van der Waals surface area contributed by atoms with E-state index in [0.29, 0.717) is 5.56 Å². The first-order valence-electron chi connectivity index (χ1n) is 6.37. The second-order valence-electron chi connectivity index (χ2n) is 4.67. The Balaban J connectivity index is 2.13. The molecule has 1 unspecified atom stereocenters. The third kappa shape index (κ3) is 3.85. The number of benzene rings is 1. The molecule has 5 nitrogen and oxygen atoms in total. The average Bonchev–Trinajstić information content (AvgIpc) is 2.93. The number of oxazole rings is 1. The van der Waals surface area contributed by atoms with Gasteiger partial charge >= 0.3 is 6.18 Å². The van der Waals surface area contributed by atoms with Crippen LogP contribution in [0.4, 0.5) is 13.2 Å². The normalized spacial score (nSPS) is 13.0. The minimum atomic E-state index is -4.42. The number of amides is 1. The molecule has 22 heavy (non-hydrogen) atoms. The number of carbonyl (C=O) groups is 1.